The third-order valence-corrected chi connectivity index (χ3v) is 3.45. The van der Waals surface area contributed by atoms with Gasteiger partial charge in [0.1, 0.15) is 0 Å². The van der Waals surface area contributed by atoms with Crippen LogP contribution in [0.5, 0.6) is 0 Å². The number of piperidine rings is 1. The predicted octanol–water partition coefficient (Wildman–Crippen LogP) is 1.26. The van der Waals surface area contributed by atoms with E-state index in [0.29, 0.717) is 25.9 Å². The normalized spacial score (nSPS) is 19.2. The summed E-state index contributed by atoms with van der Waals surface area (Å²) in [6.07, 6.45) is 3.41. The molecule has 1 aromatic rings. The monoisotopic (exact) mass is 262 g/mol. The molecule has 2 heterocycles. The van der Waals surface area contributed by atoms with E-state index in [9.17, 15) is 9.59 Å². The van der Waals surface area contributed by atoms with E-state index in [4.69, 9.17) is 5.11 Å². The van der Waals surface area contributed by atoms with Gasteiger partial charge in [-0.2, -0.15) is 0 Å². The Labute approximate surface area is 112 Å². The van der Waals surface area contributed by atoms with Gasteiger partial charge in [-0.25, -0.2) is 0 Å². The number of carboxylic acids is 1. The van der Waals surface area contributed by atoms with E-state index in [1.807, 2.05) is 19.1 Å². The molecule has 0 unspecified atom stereocenters. The first-order valence-electron chi connectivity index (χ1n) is 6.48. The molecule has 2 rings (SSSR count). The van der Waals surface area contributed by atoms with Crippen LogP contribution in [0.25, 0.3) is 0 Å². The number of carbonyl (C=O) groups excluding carboxylic acids is 1. The molecule has 1 aliphatic heterocycles. The Balaban J connectivity index is 1.96. The number of amides is 1. The summed E-state index contributed by atoms with van der Waals surface area (Å²) in [5.74, 6) is -1.25. The van der Waals surface area contributed by atoms with Gasteiger partial charge in [0.2, 0.25) is 5.91 Å². The van der Waals surface area contributed by atoms with Crippen molar-refractivity contribution >= 4 is 11.9 Å². The lowest BCUT2D eigenvalue weighted by molar-refractivity contribution is -0.145. The number of pyridine rings is 1. The zero-order chi connectivity index (χ0) is 13.8. The number of hydrogen-bond donors (Lipinski definition) is 1. The Bertz CT molecular complexity index is 470. The molecule has 0 saturated carbocycles. The standard InChI is InChI=1S/C14H18N2O3/c1-10-4-5-11(8-15-10)7-13(17)16-6-2-3-12(9-16)14(18)19/h4-5,8,12H,2-3,6-7,9H2,1H3,(H,18,19)/t12-/m1/s1. The largest absolute Gasteiger partial charge is 0.481 e. The van der Waals surface area contributed by atoms with Crippen LogP contribution >= 0.6 is 0 Å². The highest BCUT2D eigenvalue weighted by atomic mass is 16.4. The lowest BCUT2D eigenvalue weighted by atomic mass is 9.98. The molecule has 1 aromatic heterocycles. The van der Waals surface area contributed by atoms with Gasteiger partial charge < -0.3 is 10.0 Å². The number of aromatic nitrogens is 1. The van der Waals surface area contributed by atoms with Gasteiger partial charge in [0.05, 0.1) is 12.3 Å². The lowest BCUT2D eigenvalue weighted by Gasteiger charge is -2.30. The topological polar surface area (TPSA) is 70.5 Å². The zero-order valence-corrected chi connectivity index (χ0v) is 11.0. The summed E-state index contributed by atoms with van der Waals surface area (Å²) in [5, 5.41) is 9.01. The summed E-state index contributed by atoms with van der Waals surface area (Å²) in [6.45, 7) is 2.88. The van der Waals surface area contributed by atoms with Crippen molar-refractivity contribution in [1.29, 1.82) is 0 Å². The van der Waals surface area contributed by atoms with Crippen molar-refractivity contribution in [2.24, 2.45) is 5.92 Å². The van der Waals surface area contributed by atoms with Gasteiger partial charge in [-0.15, -0.1) is 0 Å². The molecule has 1 saturated heterocycles. The quantitative estimate of drug-likeness (QED) is 0.890. The van der Waals surface area contributed by atoms with E-state index < -0.39 is 11.9 Å². The molecule has 0 bridgehead atoms. The number of carbonyl (C=O) groups is 2. The molecule has 19 heavy (non-hydrogen) atoms. The van der Waals surface area contributed by atoms with Crippen molar-refractivity contribution in [3.8, 4) is 0 Å². The molecular weight excluding hydrogens is 244 g/mol. The average molecular weight is 262 g/mol. The van der Waals surface area contributed by atoms with Crippen LogP contribution in [-0.4, -0.2) is 40.0 Å². The molecular formula is C14H18N2O3. The minimum Gasteiger partial charge on any atom is -0.481 e. The molecule has 5 heteroatoms. The molecule has 1 fully saturated rings. The second kappa shape index (κ2) is 5.82. The molecule has 0 radical (unpaired) electrons. The summed E-state index contributed by atoms with van der Waals surface area (Å²) < 4.78 is 0. The summed E-state index contributed by atoms with van der Waals surface area (Å²) in [6, 6.07) is 3.76. The number of aliphatic carboxylic acids is 1. The van der Waals surface area contributed by atoms with Crippen LogP contribution in [0.1, 0.15) is 24.1 Å². The van der Waals surface area contributed by atoms with Gasteiger partial charge in [0, 0.05) is 25.0 Å². The van der Waals surface area contributed by atoms with E-state index >= 15 is 0 Å². The van der Waals surface area contributed by atoms with Crippen LogP contribution in [-0.2, 0) is 16.0 Å². The van der Waals surface area contributed by atoms with Crippen molar-refractivity contribution in [1.82, 2.24) is 9.88 Å². The maximum absolute atomic E-state index is 12.1. The summed E-state index contributed by atoms with van der Waals surface area (Å²) in [5.41, 5.74) is 1.79. The average Bonchev–Trinajstić information content (AvgIpc) is 2.41. The number of rotatable bonds is 3. The zero-order valence-electron chi connectivity index (χ0n) is 11.0. The number of hydrogen-bond acceptors (Lipinski definition) is 3. The summed E-state index contributed by atoms with van der Waals surface area (Å²) >= 11 is 0. The van der Waals surface area contributed by atoms with Crippen molar-refractivity contribution in [3.05, 3.63) is 29.6 Å². The number of carboxylic acid groups (broad SMARTS) is 1. The molecule has 0 aliphatic carbocycles. The van der Waals surface area contributed by atoms with Gasteiger partial charge in [-0.1, -0.05) is 6.07 Å². The second-order valence-electron chi connectivity index (χ2n) is 5.00. The first-order chi connectivity index (χ1) is 9.06. The molecule has 1 atom stereocenters. The fraction of sp³-hybridized carbons (Fsp3) is 0.500. The predicted molar refractivity (Wildman–Crippen MR) is 69.6 cm³/mol. The van der Waals surface area contributed by atoms with Crippen LogP contribution in [0.15, 0.2) is 18.3 Å². The van der Waals surface area contributed by atoms with Crippen LogP contribution in [0.2, 0.25) is 0 Å². The van der Waals surface area contributed by atoms with Crippen LogP contribution in [0.4, 0.5) is 0 Å². The SMILES string of the molecule is Cc1ccc(CC(=O)N2CCC[C@@H](C(=O)O)C2)cn1. The summed E-state index contributed by atoms with van der Waals surface area (Å²) in [4.78, 5) is 28.9. The number of nitrogens with zero attached hydrogens (tertiary/aromatic N) is 2. The minimum atomic E-state index is -0.811. The molecule has 0 aromatic carbocycles. The third-order valence-electron chi connectivity index (χ3n) is 3.45. The van der Waals surface area contributed by atoms with Crippen molar-refractivity contribution in [2.45, 2.75) is 26.2 Å². The van der Waals surface area contributed by atoms with Crippen LogP contribution < -0.4 is 0 Å². The lowest BCUT2D eigenvalue weighted by Crippen LogP contribution is -2.43. The van der Waals surface area contributed by atoms with Gasteiger partial charge in [-0.3, -0.25) is 14.6 Å². The molecule has 1 amide bonds. The molecule has 1 aliphatic rings. The van der Waals surface area contributed by atoms with Crippen LogP contribution in [0.3, 0.4) is 0 Å². The van der Waals surface area contributed by atoms with E-state index in [1.54, 1.807) is 11.1 Å². The first-order valence-corrected chi connectivity index (χ1v) is 6.48. The van der Waals surface area contributed by atoms with Crippen molar-refractivity contribution < 1.29 is 14.7 Å². The Hall–Kier alpha value is -1.91. The highest BCUT2D eigenvalue weighted by Crippen LogP contribution is 2.17. The van der Waals surface area contributed by atoms with Crippen LogP contribution in [0, 0.1) is 12.8 Å². The first kappa shape index (κ1) is 13.5. The van der Waals surface area contributed by atoms with E-state index in [1.165, 1.54) is 0 Å². The Morgan fingerprint density at radius 1 is 1.47 bits per heavy atom. The number of aryl methyl sites for hydroxylation is 1. The highest BCUT2D eigenvalue weighted by molar-refractivity contribution is 5.80. The maximum atomic E-state index is 12.1. The fourth-order valence-corrected chi connectivity index (χ4v) is 2.29. The summed E-state index contributed by atoms with van der Waals surface area (Å²) in [7, 11) is 0. The van der Waals surface area contributed by atoms with Crippen molar-refractivity contribution in [3.63, 3.8) is 0 Å². The van der Waals surface area contributed by atoms with Gasteiger partial charge in [-0.05, 0) is 31.4 Å². The van der Waals surface area contributed by atoms with E-state index in [2.05, 4.69) is 4.98 Å². The smallest absolute Gasteiger partial charge is 0.308 e. The van der Waals surface area contributed by atoms with Gasteiger partial charge >= 0.3 is 5.97 Å². The Morgan fingerprint density at radius 2 is 2.26 bits per heavy atom. The second-order valence-corrected chi connectivity index (χ2v) is 5.00. The van der Waals surface area contributed by atoms with E-state index in [0.717, 1.165) is 17.7 Å². The fourth-order valence-electron chi connectivity index (χ4n) is 2.29. The van der Waals surface area contributed by atoms with Gasteiger partial charge in [0.15, 0.2) is 0 Å². The van der Waals surface area contributed by atoms with E-state index in [-0.39, 0.29) is 5.91 Å². The molecule has 1 N–H and O–H groups in total. The van der Waals surface area contributed by atoms with Crippen molar-refractivity contribution in [2.75, 3.05) is 13.1 Å². The molecule has 102 valence electrons. The maximum Gasteiger partial charge on any atom is 0.308 e. The highest BCUT2D eigenvalue weighted by Gasteiger charge is 2.27. The molecule has 5 nitrogen and oxygen atoms in total. The Kier molecular flexibility index (Phi) is 4.14. The Morgan fingerprint density at radius 3 is 2.89 bits per heavy atom. The van der Waals surface area contributed by atoms with Gasteiger partial charge in [0.25, 0.3) is 0 Å². The minimum absolute atomic E-state index is 0.0170. The molecule has 0 spiro atoms. The number of likely N-dealkylation sites (tertiary alicyclic amines) is 1. The third kappa shape index (κ3) is 3.53.